The Morgan fingerprint density at radius 3 is 2.45 bits per heavy atom. The SMILES string of the molecule is Nc1cc(F)c(NCC(C2CC2)C2CC2)cc1C(=O)O. The fourth-order valence-corrected chi connectivity index (χ4v) is 2.90. The molecular formula is C15H19FN2O2. The Labute approximate surface area is 117 Å². The molecule has 0 aliphatic heterocycles. The van der Waals surface area contributed by atoms with E-state index < -0.39 is 11.8 Å². The highest BCUT2D eigenvalue weighted by Gasteiger charge is 2.41. The van der Waals surface area contributed by atoms with E-state index in [0.29, 0.717) is 5.92 Å². The van der Waals surface area contributed by atoms with Gasteiger partial charge in [-0.15, -0.1) is 0 Å². The second-order valence-corrected chi connectivity index (χ2v) is 5.94. The molecular weight excluding hydrogens is 259 g/mol. The lowest BCUT2D eigenvalue weighted by molar-refractivity contribution is 0.0698. The molecule has 1 aromatic carbocycles. The van der Waals surface area contributed by atoms with Crippen molar-refractivity contribution in [3.05, 3.63) is 23.5 Å². The van der Waals surface area contributed by atoms with E-state index >= 15 is 0 Å². The van der Waals surface area contributed by atoms with Crippen molar-refractivity contribution >= 4 is 17.3 Å². The van der Waals surface area contributed by atoms with Crippen LogP contribution in [0.2, 0.25) is 0 Å². The fourth-order valence-electron chi connectivity index (χ4n) is 2.90. The molecule has 0 saturated heterocycles. The Morgan fingerprint density at radius 1 is 1.35 bits per heavy atom. The maximum atomic E-state index is 13.8. The highest BCUT2D eigenvalue weighted by molar-refractivity contribution is 5.94. The molecule has 0 aromatic heterocycles. The van der Waals surface area contributed by atoms with Gasteiger partial charge in [0.05, 0.1) is 11.3 Å². The molecule has 0 heterocycles. The van der Waals surface area contributed by atoms with Crippen molar-refractivity contribution in [1.82, 2.24) is 0 Å². The number of nitrogens with one attached hydrogen (secondary N) is 1. The predicted molar refractivity (Wildman–Crippen MR) is 75.2 cm³/mol. The number of carboxylic acids is 1. The largest absolute Gasteiger partial charge is 0.478 e. The second-order valence-electron chi connectivity index (χ2n) is 5.94. The summed E-state index contributed by atoms with van der Waals surface area (Å²) in [5, 5.41) is 12.1. The Morgan fingerprint density at radius 2 is 1.95 bits per heavy atom. The van der Waals surface area contributed by atoms with Crippen LogP contribution in [0.5, 0.6) is 0 Å². The molecule has 0 atom stereocenters. The molecule has 0 unspecified atom stereocenters. The standard InChI is InChI=1S/C15H19FN2O2/c16-12-6-13(17)10(15(19)20)5-14(12)18-7-11(8-1-2-8)9-3-4-9/h5-6,8-9,11,18H,1-4,7,17H2,(H,19,20). The number of nitrogen functional groups attached to an aromatic ring is 1. The number of carbonyl (C=O) groups is 1. The molecule has 0 bridgehead atoms. The second kappa shape index (κ2) is 4.96. The highest BCUT2D eigenvalue weighted by atomic mass is 19.1. The van der Waals surface area contributed by atoms with E-state index in [4.69, 9.17) is 10.8 Å². The van der Waals surface area contributed by atoms with Gasteiger partial charge < -0.3 is 16.2 Å². The van der Waals surface area contributed by atoms with Crippen LogP contribution in [0.4, 0.5) is 15.8 Å². The molecule has 0 radical (unpaired) electrons. The zero-order chi connectivity index (χ0) is 14.3. The molecule has 0 spiro atoms. The first-order valence-electron chi connectivity index (χ1n) is 7.12. The van der Waals surface area contributed by atoms with Crippen LogP contribution in [-0.2, 0) is 0 Å². The molecule has 2 fully saturated rings. The quantitative estimate of drug-likeness (QED) is 0.699. The Bertz CT molecular complexity index is 527. The van der Waals surface area contributed by atoms with Crippen molar-refractivity contribution in [1.29, 1.82) is 0 Å². The third kappa shape index (κ3) is 2.71. The van der Waals surface area contributed by atoms with E-state index in [0.717, 1.165) is 24.4 Å². The molecule has 1 aromatic rings. The summed E-state index contributed by atoms with van der Waals surface area (Å²) >= 11 is 0. The smallest absolute Gasteiger partial charge is 0.337 e. The van der Waals surface area contributed by atoms with Gasteiger partial charge in [-0.2, -0.15) is 0 Å². The third-order valence-electron chi connectivity index (χ3n) is 4.35. The van der Waals surface area contributed by atoms with Crippen LogP contribution in [0.1, 0.15) is 36.0 Å². The first kappa shape index (κ1) is 13.2. The van der Waals surface area contributed by atoms with E-state index in [1.54, 1.807) is 0 Å². The van der Waals surface area contributed by atoms with Crippen LogP contribution in [0, 0.1) is 23.6 Å². The van der Waals surface area contributed by atoms with Crippen molar-refractivity contribution in [2.75, 3.05) is 17.6 Å². The number of nitrogens with two attached hydrogens (primary N) is 1. The minimum atomic E-state index is -1.13. The number of benzene rings is 1. The van der Waals surface area contributed by atoms with E-state index in [1.807, 2.05) is 0 Å². The van der Waals surface area contributed by atoms with Gasteiger partial charge in [0.2, 0.25) is 0 Å². The molecule has 4 N–H and O–H groups in total. The van der Waals surface area contributed by atoms with Crippen molar-refractivity contribution in [2.45, 2.75) is 25.7 Å². The van der Waals surface area contributed by atoms with E-state index in [2.05, 4.69) is 5.32 Å². The molecule has 2 aliphatic carbocycles. The maximum absolute atomic E-state index is 13.8. The first-order chi connectivity index (χ1) is 9.56. The molecule has 0 amide bonds. The Hall–Kier alpha value is -1.78. The number of rotatable bonds is 6. The molecule has 4 nitrogen and oxygen atoms in total. The van der Waals surface area contributed by atoms with Gasteiger partial charge >= 0.3 is 5.97 Å². The van der Waals surface area contributed by atoms with Crippen LogP contribution in [0.15, 0.2) is 12.1 Å². The van der Waals surface area contributed by atoms with Gasteiger partial charge in [0, 0.05) is 12.2 Å². The molecule has 108 valence electrons. The Balaban J connectivity index is 1.72. The van der Waals surface area contributed by atoms with Crippen LogP contribution in [0.25, 0.3) is 0 Å². The Kier molecular flexibility index (Phi) is 3.28. The van der Waals surface area contributed by atoms with Gasteiger partial charge in [-0.25, -0.2) is 9.18 Å². The highest BCUT2D eigenvalue weighted by Crippen LogP contribution is 2.49. The summed E-state index contributed by atoms with van der Waals surface area (Å²) in [6, 6.07) is 2.37. The zero-order valence-electron chi connectivity index (χ0n) is 11.2. The summed E-state index contributed by atoms with van der Waals surface area (Å²) in [6.45, 7) is 0.717. The molecule has 5 heteroatoms. The van der Waals surface area contributed by atoms with Gasteiger partial charge in [-0.05, 0) is 55.6 Å². The third-order valence-corrected chi connectivity index (χ3v) is 4.35. The van der Waals surface area contributed by atoms with Gasteiger partial charge in [-0.3, -0.25) is 0 Å². The minimum absolute atomic E-state index is 0.0403. The van der Waals surface area contributed by atoms with E-state index in [1.165, 1.54) is 31.7 Å². The van der Waals surface area contributed by atoms with Crippen LogP contribution in [-0.4, -0.2) is 17.6 Å². The lowest BCUT2D eigenvalue weighted by Gasteiger charge is -2.18. The summed E-state index contributed by atoms with van der Waals surface area (Å²) in [4.78, 5) is 11.0. The van der Waals surface area contributed by atoms with E-state index in [-0.39, 0.29) is 16.9 Å². The topological polar surface area (TPSA) is 75.3 Å². The molecule has 2 saturated carbocycles. The van der Waals surface area contributed by atoms with Crippen molar-refractivity contribution in [3.8, 4) is 0 Å². The zero-order valence-corrected chi connectivity index (χ0v) is 11.2. The number of aromatic carboxylic acids is 1. The molecule has 20 heavy (non-hydrogen) atoms. The number of hydrogen-bond donors (Lipinski definition) is 3. The summed E-state index contributed by atoms with van der Waals surface area (Å²) in [7, 11) is 0. The summed E-state index contributed by atoms with van der Waals surface area (Å²) in [5.74, 6) is 0.515. The average Bonchev–Trinajstić information content (AvgIpc) is 3.25. The molecule has 3 rings (SSSR count). The molecule has 2 aliphatic rings. The van der Waals surface area contributed by atoms with Gasteiger partial charge in [0.1, 0.15) is 5.82 Å². The maximum Gasteiger partial charge on any atom is 0.337 e. The minimum Gasteiger partial charge on any atom is -0.478 e. The van der Waals surface area contributed by atoms with Gasteiger partial charge in [-0.1, -0.05) is 0 Å². The van der Waals surface area contributed by atoms with Crippen molar-refractivity contribution in [3.63, 3.8) is 0 Å². The lowest BCUT2D eigenvalue weighted by atomic mass is 9.98. The number of halogens is 1. The normalized spacial score (nSPS) is 18.3. The summed E-state index contributed by atoms with van der Waals surface area (Å²) in [6.07, 6.45) is 5.09. The number of hydrogen-bond acceptors (Lipinski definition) is 3. The van der Waals surface area contributed by atoms with Crippen LogP contribution in [0.3, 0.4) is 0 Å². The van der Waals surface area contributed by atoms with E-state index in [9.17, 15) is 9.18 Å². The number of anilines is 2. The average molecular weight is 278 g/mol. The lowest BCUT2D eigenvalue weighted by Crippen LogP contribution is -2.19. The van der Waals surface area contributed by atoms with Crippen molar-refractivity contribution in [2.24, 2.45) is 17.8 Å². The predicted octanol–water partition coefficient (Wildman–Crippen LogP) is 2.95. The number of carboxylic acid groups (broad SMARTS) is 1. The first-order valence-corrected chi connectivity index (χ1v) is 7.12. The summed E-state index contributed by atoms with van der Waals surface area (Å²) in [5.41, 5.74) is 5.66. The summed E-state index contributed by atoms with van der Waals surface area (Å²) < 4.78 is 13.8. The van der Waals surface area contributed by atoms with Gasteiger partial charge in [0.15, 0.2) is 0 Å². The fraction of sp³-hybridized carbons (Fsp3) is 0.533. The monoisotopic (exact) mass is 278 g/mol. The van der Waals surface area contributed by atoms with Crippen molar-refractivity contribution < 1.29 is 14.3 Å². The van der Waals surface area contributed by atoms with Gasteiger partial charge in [0.25, 0.3) is 0 Å². The van der Waals surface area contributed by atoms with Crippen LogP contribution < -0.4 is 11.1 Å². The van der Waals surface area contributed by atoms with Crippen LogP contribution >= 0.6 is 0 Å².